The molecular weight excluding hydrogens is 180 g/mol. The van der Waals surface area contributed by atoms with Gasteiger partial charge in [0, 0.05) is 0 Å². The van der Waals surface area contributed by atoms with E-state index in [0.29, 0.717) is 5.41 Å². The number of allylic oxidation sites excluding steroid dienone is 4. The number of hydrogen-bond acceptors (Lipinski definition) is 0. The second-order valence-electron chi connectivity index (χ2n) is 6.09. The Morgan fingerprint density at radius 2 is 1.87 bits per heavy atom. The summed E-state index contributed by atoms with van der Waals surface area (Å²) in [6.45, 7) is 9.47. The summed E-state index contributed by atoms with van der Waals surface area (Å²) >= 11 is 0. The van der Waals surface area contributed by atoms with E-state index in [-0.39, 0.29) is 0 Å². The van der Waals surface area contributed by atoms with Crippen molar-refractivity contribution in [2.75, 3.05) is 0 Å². The van der Waals surface area contributed by atoms with Crippen molar-refractivity contribution >= 4 is 0 Å². The minimum absolute atomic E-state index is 0.575. The molecule has 0 heteroatoms. The molecule has 0 nitrogen and oxygen atoms in total. The van der Waals surface area contributed by atoms with Gasteiger partial charge < -0.3 is 0 Å². The Labute approximate surface area is 94.5 Å². The van der Waals surface area contributed by atoms with Crippen molar-refractivity contribution in [3.8, 4) is 0 Å². The second-order valence-corrected chi connectivity index (χ2v) is 6.09. The van der Waals surface area contributed by atoms with Crippen LogP contribution in [0, 0.1) is 17.3 Å². The third-order valence-electron chi connectivity index (χ3n) is 4.48. The van der Waals surface area contributed by atoms with E-state index in [1.54, 1.807) is 11.1 Å². The van der Waals surface area contributed by atoms with Crippen LogP contribution in [0.25, 0.3) is 0 Å². The highest BCUT2D eigenvalue weighted by Gasteiger charge is 2.55. The van der Waals surface area contributed by atoms with Crippen LogP contribution in [0.15, 0.2) is 23.3 Å². The van der Waals surface area contributed by atoms with Crippen LogP contribution >= 0.6 is 0 Å². The van der Waals surface area contributed by atoms with E-state index in [4.69, 9.17) is 0 Å². The maximum atomic E-state index is 2.55. The molecule has 0 radical (unpaired) electrons. The van der Waals surface area contributed by atoms with E-state index in [2.05, 4.69) is 39.8 Å². The summed E-state index contributed by atoms with van der Waals surface area (Å²) < 4.78 is 0. The zero-order valence-electron chi connectivity index (χ0n) is 10.6. The molecule has 0 aliphatic heterocycles. The molecule has 0 spiro atoms. The smallest absolute Gasteiger partial charge is 0.0143 e. The summed E-state index contributed by atoms with van der Waals surface area (Å²) in [6.07, 6.45) is 10.2. The molecule has 2 atom stereocenters. The molecule has 0 unspecified atom stereocenters. The lowest BCUT2D eigenvalue weighted by Crippen LogP contribution is -1.90. The van der Waals surface area contributed by atoms with Gasteiger partial charge in [0.15, 0.2) is 0 Å². The normalized spacial score (nSPS) is 34.9. The van der Waals surface area contributed by atoms with Crippen LogP contribution in [0.2, 0.25) is 0 Å². The molecule has 0 aromatic heterocycles. The third kappa shape index (κ3) is 2.19. The largest absolute Gasteiger partial charge is 0.0853 e. The van der Waals surface area contributed by atoms with Crippen molar-refractivity contribution < 1.29 is 0 Å². The molecule has 0 aromatic rings. The number of rotatable bonds is 0. The van der Waals surface area contributed by atoms with Crippen molar-refractivity contribution in [1.82, 2.24) is 0 Å². The van der Waals surface area contributed by atoms with Gasteiger partial charge in [-0.3, -0.25) is 0 Å². The molecule has 84 valence electrons. The standard InChI is InChI=1S/C15H24/c1-11-6-5-7-12(2)10-14-13(9-8-11)15(14,3)4/h6,10,13-14H,5,7-9H2,1-4H3/t13-,14-/m1/s1. The van der Waals surface area contributed by atoms with Crippen LogP contribution in [0.4, 0.5) is 0 Å². The van der Waals surface area contributed by atoms with Gasteiger partial charge in [-0.2, -0.15) is 0 Å². The Hall–Kier alpha value is -0.520. The fourth-order valence-corrected chi connectivity index (χ4v) is 3.09. The van der Waals surface area contributed by atoms with Gasteiger partial charge in [0.1, 0.15) is 0 Å². The van der Waals surface area contributed by atoms with Crippen LogP contribution in [-0.4, -0.2) is 0 Å². The Kier molecular flexibility index (Phi) is 2.79. The van der Waals surface area contributed by atoms with E-state index >= 15 is 0 Å². The highest BCUT2D eigenvalue weighted by molar-refractivity contribution is 5.19. The van der Waals surface area contributed by atoms with E-state index in [0.717, 1.165) is 11.8 Å². The maximum Gasteiger partial charge on any atom is -0.0143 e. The molecule has 0 heterocycles. The van der Waals surface area contributed by atoms with Crippen molar-refractivity contribution in [3.05, 3.63) is 23.3 Å². The predicted octanol–water partition coefficient (Wildman–Crippen LogP) is 4.73. The average Bonchev–Trinajstić information content (AvgIpc) is 2.65. The van der Waals surface area contributed by atoms with E-state index < -0.39 is 0 Å². The lowest BCUT2D eigenvalue weighted by atomic mass is 10.0. The molecule has 0 amide bonds. The van der Waals surface area contributed by atoms with Gasteiger partial charge in [0.05, 0.1) is 0 Å². The Morgan fingerprint density at radius 1 is 1.13 bits per heavy atom. The first kappa shape index (κ1) is 11.0. The van der Waals surface area contributed by atoms with Gasteiger partial charge in [-0.05, 0) is 56.8 Å². The van der Waals surface area contributed by atoms with Crippen LogP contribution < -0.4 is 0 Å². The Morgan fingerprint density at radius 3 is 2.60 bits per heavy atom. The van der Waals surface area contributed by atoms with Gasteiger partial charge in [-0.1, -0.05) is 37.1 Å². The summed E-state index contributed by atoms with van der Waals surface area (Å²) in [6, 6.07) is 0. The summed E-state index contributed by atoms with van der Waals surface area (Å²) in [5.74, 6) is 1.80. The maximum absolute atomic E-state index is 2.55. The van der Waals surface area contributed by atoms with E-state index in [9.17, 15) is 0 Å². The van der Waals surface area contributed by atoms with Gasteiger partial charge in [0.25, 0.3) is 0 Å². The van der Waals surface area contributed by atoms with Crippen LogP contribution in [0.1, 0.15) is 53.4 Å². The molecule has 2 aliphatic carbocycles. The predicted molar refractivity (Wildman–Crippen MR) is 66.7 cm³/mol. The number of fused-ring (bicyclic) bond motifs is 1. The van der Waals surface area contributed by atoms with Gasteiger partial charge >= 0.3 is 0 Å². The van der Waals surface area contributed by atoms with Gasteiger partial charge in [-0.25, -0.2) is 0 Å². The summed E-state index contributed by atoms with van der Waals surface area (Å²) in [7, 11) is 0. The first-order valence-corrected chi connectivity index (χ1v) is 6.34. The molecule has 1 fully saturated rings. The van der Waals surface area contributed by atoms with Gasteiger partial charge in [-0.15, -0.1) is 0 Å². The minimum atomic E-state index is 0.575. The highest BCUT2D eigenvalue weighted by Crippen LogP contribution is 2.61. The molecule has 0 aromatic carbocycles. The van der Waals surface area contributed by atoms with E-state index in [1.165, 1.54) is 25.7 Å². The first-order valence-electron chi connectivity index (χ1n) is 6.34. The molecule has 0 N–H and O–H groups in total. The van der Waals surface area contributed by atoms with Crippen molar-refractivity contribution in [2.24, 2.45) is 17.3 Å². The lowest BCUT2D eigenvalue weighted by Gasteiger charge is -2.05. The van der Waals surface area contributed by atoms with Crippen LogP contribution in [0.3, 0.4) is 0 Å². The third-order valence-corrected chi connectivity index (χ3v) is 4.48. The van der Waals surface area contributed by atoms with Crippen LogP contribution in [0.5, 0.6) is 0 Å². The Bertz CT molecular complexity index is 304. The molecule has 15 heavy (non-hydrogen) atoms. The molecule has 0 bridgehead atoms. The van der Waals surface area contributed by atoms with Crippen molar-refractivity contribution in [1.29, 1.82) is 0 Å². The average molecular weight is 204 g/mol. The quantitative estimate of drug-likeness (QED) is 0.501. The number of hydrogen-bond donors (Lipinski definition) is 0. The molecule has 1 saturated carbocycles. The highest BCUT2D eigenvalue weighted by atomic mass is 14.6. The molecule has 2 rings (SSSR count). The summed E-state index contributed by atoms with van der Waals surface area (Å²) in [5, 5.41) is 0. The molecule has 0 saturated heterocycles. The fourth-order valence-electron chi connectivity index (χ4n) is 3.09. The second kappa shape index (κ2) is 3.81. The topological polar surface area (TPSA) is 0 Å². The van der Waals surface area contributed by atoms with Gasteiger partial charge in [0.2, 0.25) is 0 Å². The van der Waals surface area contributed by atoms with Crippen molar-refractivity contribution in [2.45, 2.75) is 53.4 Å². The van der Waals surface area contributed by atoms with E-state index in [1.807, 2.05) is 0 Å². The first-order chi connectivity index (χ1) is 7.01. The SMILES string of the molecule is CC1=C[C@@H]2[C@@H](CCC(C)=CCC1)C2(C)C. The minimum Gasteiger partial charge on any atom is -0.0853 e. The van der Waals surface area contributed by atoms with Crippen LogP contribution in [-0.2, 0) is 0 Å². The monoisotopic (exact) mass is 204 g/mol. The zero-order valence-corrected chi connectivity index (χ0v) is 10.6. The summed E-state index contributed by atoms with van der Waals surface area (Å²) in [5.41, 5.74) is 3.78. The fraction of sp³-hybridized carbons (Fsp3) is 0.733. The lowest BCUT2D eigenvalue weighted by molar-refractivity contribution is 0.528. The van der Waals surface area contributed by atoms with Crippen molar-refractivity contribution in [3.63, 3.8) is 0 Å². The molecular formula is C15H24. The molecule has 2 aliphatic rings. The summed E-state index contributed by atoms with van der Waals surface area (Å²) in [4.78, 5) is 0. The Balaban J connectivity index is 2.13. The zero-order chi connectivity index (χ0) is 11.1.